The van der Waals surface area contributed by atoms with Crippen molar-refractivity contribution in [1.29, 1.82) is 0 Å². The number of likely N-dealkylation sites (N-methyl/N-ethyl adjacent to an activating group) is 1. The monoisotopic (exact) mass is 320 g/mol. The van der Waals surface area contributed by atoms with Gasteiger partial charge in [-0.1, -0.05) is 29.8 Å². The van der Waals surface area contributed by atoms with Crippen molar-refractivity contribution in [3.63, 3.8) is 0 Å². The largest absolute Gasteiger partial charge is 0.492 e. The zero-order valence-corrected chi connectivity index (χ0v) is 13.9. The first-order valence-electron chi connectivity index (χ1n) is 7.94. The van der Waals surface area contributed by atoms with E-state index < -0.39 is 0 Å². The van der Waals surface area contributed by atoms with Crippen molar-refractivity contribution in [2.75, 3.05) is 20.2 Å². The van der Waals surface area contributed by atoms with Gasteiger partial charge in [-0.15, -0.1) is 0 Å². The Hall–Kier alpha value is -2.88. The zero-order chi connectivity index (χ0) is 16.9. The highest BCUT2D eigenvalue weighted by Crippen LogP contribution is 2.18. The Morgan fingerprint density at radius 2 is 1.88 bits per heavy atom. The summed E-state index contributed by atoms with van der Waals surface area (Å²) < 4.78 is 5.70. The van der Waals surface area contributed by atoms with Gasteiger partial charge in [-0.3, -0.25) is 9.78 Å². The van der Waals surface area contributed by atoms with Gasteiger partial charge < -0.3 is 9.64 Å². The van der Waals surface area contributed by atoms with E-state index in [0.717, 1.165) is 16.7 Å². The summed E-state index contributed by atoms with van der Waals surface area (Å²) in [6.45, 7) is 3.01. The number of ether oxygens (including phenoxy) is 1. The van der Waals surface area contributed by atoms with Gasteiger partial charge in [0, 0.05) is 24.2 Å². The Labute approximate surface area is 141 Å². The molecule has 0 spiro atoms. The molecule has 3 aromatic rings. The minimum atomic E-state index is -0.0268. The number of hydrogen-bond acceptors (Lipinski definition) is 3. The molecule has 0 fully saturated rings. The highest BCUT2D eigenvalue weighted by Gasteiger charge is 2.14. The van der Waals surface area contributed by atoms with Crippen molar-refractivity contribution in [3.05, 3.63) is 71.9 Å². The van der Waals surface area contributed by atoms with Gasteiger partial charge in [0.15, 0.2) is 0 Å². The average molecular weight is 320 g/mol. The first-order chi connectivity index (χ1) is 11.6. The molecule has 4 nitrogen and oxygen atoms in total. The molecule has 122 valence electrons. The van der Waals surface area contributed by atoms with Crippen LogP contribution in [0.3, 0.4) is 0 Å². The van der Waals surface area contributed by atoms with Crippen molar-refractivity contribution in [3.8, 4) is 5.75 Å². The molecule has 0 bridgehead atoms. The zero-order valence-electron chi connectivity index (χ0n) is 13.9. The molecule has 0 atom stereocenters. The summed E-state index contributed by atoms with van der Waals surface area (Å²) in [6, 6.07) is 17.3. The molecule has 1 aromatic heterocycles. The van der Waals surface area contributed by atoms with Gasteiger partial charge in [-0.05, 0) is 37.3 Å². The van der Waals surface area contributed by atoms with Crippen LogP contribution < -0.4 is 4.74 Å². The van der Waals surface area contributed by atoms with E-state index in [4.69, 9.17) is 4.74 Å². The van der Waals surface area contributed by atoms with Crippen molar-refractivity contribution >= 4 is 16.8 Å². The van der Waals surface area contributed by atoms with Gasteiger partial charge in [0.25, 0.3) is 5.91 Å². The van der Waals surface area contributed by atoms with E-state index >= 15 is 0 Å². The van der Waals surface area contributed by atoms with Crippen LogP contribution in [0.25, 0.3) is 10.9 Å². The maximum atomic E-state index is 12.7. The fourth-order valence-electron chi connectivity index (χ4n) is 2.53. The highest BCUT2D eigenvalue weighted by molar-refractivity contribution is 6.06. The number of rotatable bonds is 5. The van der Waals surface area contributed by atoms with Crippen molar-refractivity contribution in [1.82, 2.24) is 9.88 Å². The summed E-state index contributed by atoms with van der Waals surface area (Å²) in [5.41, 5.74) is 2.69. The fraction of sp³-hybridized carbons (Fsp3) is 0.200. The van der Waals surface area contributed by atoms with Crippen molar-refractivity contribution in [2.45, 2.75) is 6.92 Å². The molecule has 0 N–H and O–H groups in total. The van der Waals surface area contributed by atoms with E-state index in [1.54, 1.807) is 18.1 Å². The van der Waals surface area contributed by atoms with E-state index in [1.165, 1.54) is 5.56 Å². The molecule has 0 saturated carbocycles. The maximum Gasteiger partial charge on any atom is 0.254 e. The summed E-state index contributed by atoms with van der Waals surface area (Å²) in [5.74, 6) is 0.789. The molecule has 0 aliphatic heterocycles. The topological polar surface area (TPSA) is 42.4 Å². The van der Waals surface area contributed by atoms with Gasteiger partial charge in [0.1, 0.15) is 12.4 Å². The average Bonchev–Trinajstić information content (AvgIpc) is 2.62. The van der Waals surface area contributed by atoms with E-state index in [2.05, 4.69) is 4.98 Å². The molecule has 0 unspecified atom stereocenters. The number of aromatic nitrogens is 1. The first-order valence-corrected chi connectivity index (χ1v) is 7.94. The normalized spacial score (nSPS) is 10.6. The number of benzene rings is 2. The van der Waals surface area contributed by atoms with Crippen LogP contribution in [0.1, 0.15) is 15.9 Å². The highest BCUT2D eigenvalue weighted by atomic mass is 16.5. The third-order valence-electron chi connectivity index (χ3n) is 3.94. The second-order valence-corrected chi connectivity index (χ2v) is 5.76. The van der Waals surface area contributed by atoms with Crippen molar-refractivity contribution < 1.29 is 9.53 Å². The van der Waals surface area contributed by atoms with Crippen LogP contribution >= 0.6 is 0 Å². The molecule has 3 rings (SSSR count). The summed E-state index contributed by atoms with van der Waals surface area (Å²) in [4.78, 5) is 18.7. The maximum absolute atomic E-state index is 12.7. The number of fused-ring (bicyclic) bond motifs is 1. The lowest BCUT2D eigenvalue weighted by Gasteiger charge is -2.18. The summed E-state index contributed by atoms with van der Waals surface area (Å²) in [6.07, 6.45) is 1.73. The molecule has 0 aliphatic rings. The quantitative estimate of drug-likeness (QED) is 0.720. The number of nitrogens with zero attached hydrogens (tertiary/aromatic N) is 2. The molecular formula is C20H20N2O2. The van der Waals surface area contributed by atoms with Crippen LogP contribution in [0.5, 0.6) is 5.75 Å². The lowest BCUT2D eigenvalue weighted by Crippen LogP contribution is -2.31. The smallest absolute Gasteiger partial charge is 0.254 e. The molecular weight excluding hydrogens is 300 g/mol. The molecule has 0 radical (unpaired) electrons. The molecule has 0 saturated heterocycles. The molecule has 1 amide bonds. The molecule has 4 heteroatoms. The van der Waals surface area contributed by atoms with Crippen LogP contribution in [0.15, 0.2) is 60.8 Å². The van der Waals surface area contributed by atoms with Gasteiger partial charge in [0.05, 0.1) is 12.1 Å². The van der Waals surface area contributed by atoms with E-state index in [-0.39, 0.29) is 5.91 Å². The standard InChI is InChI=1S/C20H20N2O2/c1-15-8-10-16(11-9-15)24-14-13-22(2)20(23)18-5-3-7-19-17(18)6-4-12-21-19/h3-12H,13-14H2,1-2H3. The predicted octanol–water partition coefficient (Wildman–Crippen LogP) is 3.69. The van der Waals surface area contributed by atoms with Gasteiger partial charge in [0.2, 0.25) is 0 Å². The Kier molecular flexibility index (Phi) is 4.75. The number of aryl methyl sites for hydroxylation is 1. The number of amides is 1. The van der Waals surface area contributed by atoms with Crippen molar-refractivity contribution in [2.24, 2.45) is 0 Å². The summed E-state index contributed by atoms with van der Waals surface area (Å²) in [7, 11) is 1.79. The van der Waals surface area contributed by atoms with E-state index in [9.17, 15) is 4.79 Å². The second kappa shape index (κ2) is 7.13. The minimum absolute atomic E-state index is 0.0268. The number of carbonyl (C=O) groups excluding carboxylic acids is 1. The third kappa shape index (κ3) is 3.54. The molecule has 2 aromatic carbocycles. The number of carbonyl (C=O) groups is 1. The minimum Gasteiger partial charge on any atom is -0.492 e. The lowest BCUT2D eigenvalue weighted by molar-refractivity contribution is 0.0775. The SMILES string of the molecule is Cc1ccc(OCCN(C)C(=O)c2cccc3ncccc23)cc1. The molecule has 24 heavy (non-hydrogen) atoms. The Morgan fingerprint density at radius 1 is 1.08 bits per heavy atom. The van der Waals surface area contributed by atoms with Crippen LogP contribution in [-0.4, -0.2) is 36.0 Å². The van der Waals surface area contributed by atoms with Gasteiger partial charge in [-0.25, -0.2) is 0 Å². The van der Waals surface area contributed by atoms with Gasteiger partial charge in [-0.2, -0.15) is 0 Å². The van der Waals surface area contributed by atoms with E-state index in [1.807, 2.05) is 61.5 Å². The lowest BCUT2D eigenvalue weighted by atomic mass is 10.1. The third-order valence-corrected chi connectivity index (χ3v) is 3.94. The summed E-state index contributed by atoms with van der Waals surface area (Å²) in [5, 5.41) is 0.872. The first kappa shape index (κ1) is 16.0. The number of hydrogen-bond donors (Lipinski definition) is 0. The van der Waals surface area contributed by atoms with Crippen LogP contribution in [-0.2, 0) is 0 Å². The number of pyridine rings is 1. The van der Waals surface area contributed by atoms with Crippen LogP contribution in [0.4, 0.5) is 0 Å². The van der Waals surface area contributed by atoms with Gasteiger partial charge >= 0.3 is 0 Å². The second-order valence-electron chi connectivity index (χ2n) is 5.76. The Morgan fingerprint density at radius 3 is 2.67 bits per heavy atom. The fourth-order valence-corrected chi connectivity index (χ4v) is 2.53. The summed E-state index contributed by atoms with van der Waals surface area (Å²) >= 11 is 0. The Bertz CT molecular complexity index is 838. The molecule has 0 aliphatic carbocycles. The van der Waals surface area contributed by atoms with Crippen LogP contribution in [0, 0.1) is 6.92 Å². The van der Waals surface area contributed by atoms with Crippen LogP contribution in [0.2, 0.25) is 0 Å². The Balaban J connectivity index is 1.65. The van der Waals surface area contributed by atoms with E-state index in [0.29, 0.717) is 18.7 Å². The molecule has 1 heterocycles. The predicted molar refractivity (Wildman–Crippen MR) is 95.4 cm³/mol.